The standard InChI is InChI=1S/C13H15N3O/c1-9-4-3-5-12(10(9)2)17-8-13-15-6-11(14)7-16-13/h3-7H,8,14H2,1-2H3. The molecule has 4 heteroatoms. The van der Waals surface area contributed by atoms with Gasteiger partial charge in [0.2, 0.25) is 0 Å². The Morgan fingerprint density at radius 1 is 1.18 bits per heavy atom. The Morgan fingerprint density at radius 2 is 1.88 bits per heavy atom. The lowest BCUT2D eigenvalue weighted by atomic mass is 10.1. The second-order valence-electron chi connectivity index (χ2n) is 3.92. The molecule has 0 fully saturated rings. The van der Waals surface area contributed by atoms with Crippen LogP contribution in [0.25, 0.3) is 0 Å². The molecule has 0 aliphatic carbocycles. The summed E-state index contributed by atoms with van der Waals surface area (Å²) >= 11 is 0. The van der Waals surface area contributed by atoms with Crippen molar-refractivity contribution in [3.8, 4) is 5.75 Å². The van der Waals surface area contributed by atoms with Crippen LogP contribution in [0.1, 0.15) is 17.0 Å². The second-order valence-corrected chi connectivity index (χ2v) is 3.92. The minimum atomic E-state index is 0.352. The quantitative estimate of drug-likeness (QED) is 0.876. The van der Waals surface area contributed by atoms with Crippen LogP contribution in [0.15, 0.2) is 30.6 Å². The number of hydrogen-bond acceptors (Lipinski definition) is 4. The third kappa shape index (κ3) is 2.72. The SMILES string of the molecule is Cc1cccc(OCc2ncc(N)cn2)c1C. The van der Waals surface area contributed by atoms with E-state index in [1.165, 1.54) is 5.56 Å². The molecule has 4 nitrogen and oxygen atoms in total. The van der Waals surface area contributed by atoms with Gasteiger partial charge in [0, 0.05) is 0 Å². The fourth-order valence-corrected chi connectivity index (χ4v) is 1.46. The number of rotatable bonds is 3. The number of ether oxygens (including phenoxy) is 1. The second kappa shape index (κ2) is 4.82. The lowest BCUT2D eigenvalue weighted by molar-refractivity contribution is 0.293. The maximum absolute atomic E-state index is 5.68. The van der Waals surface area contributed by atoms with Gasteiger partial charge in [-0.2, -0.15) is 0 Å². The van der Waals surface area contributed by atoms with E-state index >= 15 is 0 Å². The highest BCUT2D eigenvalue weighted by Crippen LogP contribution is 2.21. The van der Waals surface area contributed by atoms with E-state index in [1.54, 1.807) is 12.4 Å². The molecule has 0 radical (unpaired) electrons. The van der Waals surface area contributed by atoms with Crippen LogP contribution < -0.4 is 10.5 Å². The van der Waals surface area contributed by atoms with E-state index in [9.17, 15) is 0 Å². The molecule has 0 saturated heterocycles. The Labute approximate surface area is 100 Å². The summed E-state index contributed by atoms with van der Waals surface area (Å²) < 4.78 is 5.68. The third-order valence-electron chi connectivity index (χ3n) is 2.64. The van der Waals surface area contributed by atoms with Gasteiger partial charge >= 0.3 is 0 Å². The number of benzene rings is 1. The van der Waals surface area contributed by atoms with E-state index in [0.717, 1.165) is 11.3 Å². The van der Waals surface area contributed by atoms with Crippen molar-refractivity contribution in [2.45, 2.75) is 20.5 Å². The van der Waals surface area contributed by atoms with Crippen molar-refractivity contribution in [1.29, 1.82) is 0 Å². The van der Waals surface area contributed by atoms with Crippen LogP contribution in [-0.2, 0) is 6.61 Å². The molecule has 0 atom stereocenters. The van der Waals surface area contributed by atoms with E-state index in [0.29, 0.717) is 18.1 Å². The number of anilines is 1. The summed E-state index contributed by atoms with van der Waals surface area (Å²) in [6.07, 6.45) is 3.16. The normalized spacial score (nSPS) is 10.2. The number of nitrogens with zero attached hydrogens (tertiary/aromatic N) is 2. The van der Waals surface area contributed by atoms with Crippen molar-refractivity contribution in [3.05, 3.63) is 47.5 Å². The van der Waals surface area contributed by atoms with Crippen LogP contribution in [0.3, 0.4) is 0 Å². The number of aromatic nitrogens is 2. The van der Waals surface area contributed by atoms with E-state index in [2.05, 4.69) is 23.0 Å². The van der Waals surface area contributed by atoms with Gasteiger partial charge in [0.1, 0.15) is 12.4 Å². The molecule has 0 saturated carbocycles. The zero-order valence-electron chi connectivity index (χ0n) is 9.97. The molecule has 1 aromatic carbocycles. The summed E-state index contributed by atoms with van der Waals surface area (Å²) in [7, 11) is 0. The molecule has 0 bridgehead atoms. The van der Waals surface area contributed by atoms with Crippen molar-refractivity contribution in [1.82, 2.24) is 9.97 Å². The molecule has 88 valence electrons. The fourth-order valence-electron chi connectivity index (χ4n) is 1.46. The first kappa shape index (κ1) is 11.4. The summed E-state index contributed by atoms with van der Waals surface area (Å²) in [5, 5.41) is 0. The topological polar surface area (TPSA) is 61.0 Å². The van der Waals surface area contributed by atoms with Gasteiger partial charge in [0.25, 0.3) is 0 Å². The Hall–Kier alpha value is -2.10. The molecule has 2 rings (SSSR count). The summed E-state index contributed by atoms with van der Waals surface area (Å²) in [6, 6.07) is 5.98. The van der Waals surface area contributed by atoms with Crippen LogP contribution in [0.4, 0.5) is 5.69 Å². The lowest BCUT2D eigenvalue weighted by Gasteiger charge is -2.09. The molecule has 0 aliphatic rings. The largest absolute Gasteiger partial charge is 0.485 e. The van der Waals surface area contributed by atoms with Crippen LogP contribution in [0.5, 0.6) is 5.75 Å². The zero-order valence-corrected chi connectivity index (χ0v) is 9.97. The van der Waals surface area contributed by atoms with Gasteiger partial charge in [-0.05, 0) is 31.0 Å². The molecule has 1 heterocycles. The van der Waals surface area contributed by atoms with Crippen LogP contribution >= 0.6 is 0 Å². The van der Waals surface area contributed by atoms with E-state index < -0.39 is 0 Å². The number of aryl methyl sites for hydroxylation is 1. The van der Waals surface area contributed by atoms with Crippen molar-refractivity contribution in [3.63, 3.8) is 0 Å². The van der Waals surface area contributed by atoms with Crippen LogP contribution in [0, 0.1) is 13.8 Å². The van der Waals surface area contributed by atoms with Gasteiger partial charge in [-0.3, -0.25) is 0 Å². The molecule has 0 spiro atoms. The number of hydrogen-bond donors (Lipinski definition) is 1. The average molecular weight is 229 g/mol. The Balaban J connectivity index is 2.07. The third-order valence-corrected chi connectivity index (χ3v) is 2.64. The van der Waals surface area contributed by atoms with Crippen molar-refractivity contribution < 1.29 is 4.74 Å². The predicted octanol–water partition coefficient (Wildman–Crippen LogP) is 2.25. The van der Waals surface area contributed by atoms with Crippen LogP contribution in [-0.4, -0.2) is 9.97 Å². The van der Waals surface area contributed by atoms with Gasteiger partial charge in [-0.15, -0.1) is 0 Å². The first-order valence-electron chi connectivity index (χ1n) is 5.42. The minimum absolute atomic E-state index is 0.352. The van der Waals surface area contributed by atoms with Gasteiger partial charge in [-0.1, -0.05) is 12.1 Å². The molecule has 17 heavy (non-hydrogen) atoms. The van der Waals surface area contributed by atoms with Crippen molar-refractivity contribution in [2.75, 3.05) is 5.73 Å². The summed E-state index contributed by atoms with van der Waals surface area (Å²) in [4.78, 5) is 8.17. The molecule has 0 unspecified atom stereocenters. The molecular formula is C13H15N3O. The maximum Gasteiger partial charge on any atom is 0.166 e. The summed E-state index contributed by atoms with van der Waals surface area (Å²) in [6.45, 7) is 4.45. The highest BCUT2D eigenvalue weighted by molar-refractivity contribution is 5.38. The maximum atomic E-state index is 5.68. The highest BCUT2D eigenvalue weighted by atomic mass is 16.5. The van der Waals surface area contributed by atoms with E-state index in [1.807, 2.05) is 19.1 Å². The van der Waals surface area contributed by atoms with Crippen LogP contribution in [0.2, 0.25) is 0 Å². The average Bonchev–Trinajstić information content (AvgIpc) is 2.33. The van der Waals surface area contributed by atoms with E-state index in [4.69, 9.17) is 10.5 Å². The van der Waals surface area contributed by atoms with Crippen molar-refractivity contribution >= 4 is 5.69 Å². The number of nitrogens with two attached hydrogens (primary N) is 1. The fraction of sp³-hybridized carbons (Fsp3) is 0.231. The molecule has 2 aromatic rings. The molecule has 1 aromatic heterocycles. The summed E-state index contributed by atoms with van der Waals surface area (Å²) in [5.41, 5.74) is 8.42. The monoisotopic (exact) mass is 229 g/mol. The summed E-state index contributed by atoms with van der Waals surface area (Å²) in [5.74, 6) is 1.49. The molecular weight excluding hydrogens is 214 g/mol. The molecule has 0 aliphatic heterocycles. The van der Waals surface area contributed by atoms with E-state index in [-0.39, 0.29) is 0 Å². The van der Waals surface area contributed by atoms with Gasteiger partial charge < -0.3 is 10.5 Å². The number of nitrogen functional groups attached to an aromatic ring is 1. The zero-order chi connectivity index (χ0) is 12.3. The first-order valence-corrected chi connectivity index (χ1v) is 5.42. The van der Waals surface area contributed by atoms with Gasteiger partial charge in [-0.25, -0.2) is 9.97 Å². The first-order chi connectivity index (χ1) is 8.16. The Kier molecular flexibility index (Phi) is 3.23. The Bertz CT molecular complexity index is 509. The predicted molar refractivity (Wildman–Crippen MR) is 66.7 cm³/mol. The molecule has 0 amide bonds. The Morgan fingerprint density at radius 3 is 2.59 bits per heavy atom. The molecule has 2 N–H and O–H groups in total. The lowest BCUT2D eigenvalue weighted by Crippen LogP contribution is -2.03. The van der Waals surface area contributed by atoms with Gasteiger partial charge in [0.15, 0.2) is 5.82 Å². The van der Waals surface area contributed by atoms with Gasteiger partial charge in [0.05, 0.1) is 18.1 Å². The van der Waals surface area contributed by atoms with Crippen molar-refractivity contribution in [2.24, 2.45) is 0 Å². The highest BCUT2D eigenvalue weighted by Gasteiger charge is 2.03. The smallest absolute Gasteiger partial charge is 0.166 e. The minimum Gasteiger partial charge on any atom is -0.485 e.